The van der Waals surface area contributed by atoms with Gasteiger partial charge in [-0.3, -0.25) is 14.4 Å². The summed E-state index contributed by atoms with van der Waals surface area (Å²) in [5, 5.41) is 29.5. The molecule has 0 radical (unpaired) electrons. The van der Waals surface area contributed by atoms with E-state index in [1.807, 2.05) is 92.6 Å². The fraction of sp³-hybridized carbons (Fsp3) is 0.565. The van der Waals surface area contributed by atoms with Crippen molar-refractivity contribution in [3.05, 3.63) is 83.4 Å². The third-order valence-electron chi connectivity index (χ3n) is 13.5. The maximum Gasteiger partial charge on any atom is 0.251 e. The number of ether oxygens (including phenoxy) is 1. The maximum atomic E-state index is 14.4. The van der Waals surface area contributed by atoms with Gasteiger partial charge in [-0.05, 0) is 86.4 Å². The van der Waals surface area contributed by atoms with Crippen molar-refractivity contribution in [3.63, 3.8) is 0 Å². The number of aliphatic hydroxyl groups is 2. The summed E-state index contributed by atoms with van der Waals surface area (Å²) in [6, 6.07) is 18.1. The molecule has 1 unspecified atom stereocenters. The fourth-order valence-electron chi connectivity index (χ4n) is 10.1. The Morgan fingerprint density at radius 1 is 1.03 bits per heavy atom. The number of anilines is 1. The molecule has 61 heavy (non-hydrogen) atoms. The molecular formula is C46H66N6O8S. The number of methoxy groups -OCH3 is 1. The van der Waals surface area contributed by atoms with Crippen molar-refractivity contribution in [1.29, 1.82) is 0 Å². The lowest BCUT2D eigenvalue weighted by Crippen LogP contribution is -2.62. The Morgan fingerprint density at radius 2 is 1.74 bits per heavy atom. The molecule has 0 aromatic heterocycles. The normalized spacial score (nSPS) is 26.2. The zero-order valence-corrected chi connectivity index (χ0v) is 38.1. The molecule has 1 aliphatic heterocycles. The van der Waals surface area contributed by atoms with Crippen molar-refractivity contribution in [2.24, 2.45) is 29.1 Å². The van der Waals surface area contributed by atoms with Gasteiger partial charge in [0.1, 0.15) is 17.9 Å². The van der Waals surface area contributed by atoms with E-state index in [4.69, 9.17) is 9.57 Å². The molecular weight excluding hydrogens is 797 g/mol. The summed E-state index contributed by atoms with van der Waals surface area (Å²) in [6.45, 7) is 8.56. The van der Waals surface area contributed by atoms with Crippen LogP contribution >= 0.6 is 0 Å². The van der Waals surface area contributed by atoms with Gasteiger partial charge in [0.05, 0.1) is 44.7 Å². The number of carbonyl (C=O) groups is 2. The smallest absolute Gasteiger partial charge is 0.251 e. The average molecular weight is 863 g/mol. The molecule has 15 heteroatoms. The standard InChI is InChI=1S/C46H66N6O8S/c1-27-36-22-33(46(36,3)4)23-37(27)47-45(56)42-40(28(2)54)39(26-53)60-52(42)24-30-17-14-18-35(43(30)59-9)31-19-32(21-34(20-31)51(7)8)44(55)48-38(25-50(5)6)41(49-61(10,57)58)29-15-12-11-13-16-29/h11-21,27-28,33,36-42,49,53-54H,22-26H2,1-10H3,(H,47,56)(H,48,55)/t27-,28-,33+,36-,37-,38+,39-,40+,41?,42-/m0/s1. The molecule has 1 saturated heterocycles. The van der Waals surface area contributed by atoms with E-state index >= 15 is 0 Å². The van der Waals surface area contributed by atoms with Crippen molar-refractivity contribution >= 4 is 27.5 Å². The lowest BCUT2D eigenvalue weighted by Gasteiger charge is -2.62. The maximum absolute atomic E-state index is 14.4. The minimum Gasteiger partial charge on any atom is -0.496 e. The van der Waals surface area contributed by atoms with E-state index in [0.717, 1.165) is 18.4 Å². The predicted molar refractivity (Wildman–Crippen MR) is 237 cm³/mol. The summed E-state index contributed by atoms with van der Waals surface area (Å²) >= 11 is 0. The van der Waals surface area contributed by atoms with Crippen LogP contribution in [0.15, 0.2) is 66.7 Å². The summed E-state index contributed by atoms with van der Waals surface area (Å²) in [5.74, 6) is 0.549. The van der Waals surface area contributed by atoms with Crippen LogP contribution in [0.25, 0.3) is 11.1 Å². The number of hydrogen-bond donors (Lipinski definition) is 5. The van der Waals surface area contributed by atoms with Crippen LogP contribution in [0.5, 0.6) is 5.75 Å². The highest BCUT2D eigenvalue weighted by molar-refractivity contribution is 7.88. The van der Waals surface area contributed by atoms with E-state index in [2.05, 4.69) is 36.1 Å². The van der Waals surface area contributed by atoms with Crippen molar-refractivity contribution in [2.75, 3.05) is 59.6 Å². The molecule has 0 spiro atoms. The van der Waals surface area contributed by atoms with Gasteiger partial charge in [-0.15, -0.1) is 0 Å². The predicted octanol–water partition coefficient (Wildman–Crippen LogP) is 4.04. The lowest BCUT2D eigenvalue weighted by molar-refractivity contribution is -0.183. The van der Waals surface area contributed by atoms with Crippen LogP contribution in [0.3, 0.4) is 0 Å². The van der Waals surface area contributed by atoms with Crippen LogP contribution in [0, 0.1) is 29.1 Å². The van der Waals surface area contributed by atoms with Crippen LogP contribution in [-0.4, -0.2) is 125 Å². The number of nitrogens with one attached hydrogen (secondary N) is 3. The van der Waals surface area contributed by atoms with Crippen LogP contribution in [-0.2, 0) is 26.2 Å². The summed E-state index contributed by atoms with van der Waals surface area (Å²) < 4.78 is 34.1. The second kappa shape index (κ2) is 18.7. The topological polar surface area (TPSA) is 173 Å². The molecule has 2 amide bonds. The molecule has 334 valence electrons. The first-order chi connectivity index (χ1) is 28.7. The van der Waals surface area contributed by atoms with Gasteiger partial charge < -0.3 is 35.4 Å². The number of para-hydroxylation sites is 1. The number of fused-ring (bicyclic) bond motifs is 2. The number of rotatable bonds is 17. The van der Waals surface area contributed by atoms with Crippen LogP contribution in [0.4, 0.5) is 5.69 Å². The summed E-state index contributed by atoms with van der Waals surface area (Å²) in [7, 11) is 5.39. The van der Waals surface area contributed by atoms with E-state index in [1.54, 1.807) is 31.2 Å². The van der Waals surface area contributed by atoms with Gasteiger partial charge in [0.25, 0.3) is 5.91 Å². The van der Waals surface area contributed by atoms with Crippen LogP contribution < -0.4 is 25.0 Å². The Labute approximate surface area is 362 Å². The number of amides is 2. The first-order valence-corrected chi connectivity index (χ1v) is 23.1. The number of aliphatic hydroxyl groups excluding tert-OH is 2. The molecule has 1 heterocycles. The second-order valence-corrected chi connectivity index (χ2v) is 20.3. The highest BCUT2D eigenvalue weighted by Crippen LogP contribution is 2.61. The number of nitrogens with zero attached hydrogens (tertiary/aromatic N) is 3. The molecule has 3 aromatic carbocycles. The quantitative estimate of drug-likeness (QED) is 0.133. The number of hydrogen-bond acceptors (Lipinski definition) is 11. The van der Waals surface area contributed by atoms with Gasteiger partial charge >= 0.3 is 0 Å². The zero-order valence-electron chi connectivity index (χ0n) is 37.3. The molecule has 14 nitrogen and oxygen atoms in total. The highest BCUT2D eigenvalue weighted by atomic mass is 32.2. The molecule has 3 saturated carbocycles. The van der Waals surface area contributed by atoms with E-state index < -0.39 is 52.2 Å². The van der Waals surface area contributed by atoms with E-state index in [0.29, 0.717) is 57.9 Å². The van der Waals surface area contributed by atoms with Crippen molar-refractivity contribution in [1.82, 2.24) is 25.3 Å². The van der Waals surface area contributed by atoms with Gasteiger partial charge in [-0.1, -0.05) is 69.3 Å². The van der Waals surface area contributed by atoms with Crippen molar-refractivity contribution in [3.8, 4) is 16.9 Å². The average Bonchev–Trinajstić information content (AvgIpc) is 3.58. The third kappa shape index (κ3) is 10.1. The monoisotopic (exact) mass is 862 g/mol. The van der Waals surface area contributed by atoms with Crippen LogP contribution in [0.2, 0.25) is 0 Å². The van der Waals surface area contributed by atoms with Crippen LogP contribution in [0.1, 0.15) is 68.1 Å². The Bertz CT molecular complexity index is 2130. The number of hydroxylamine groups is 2. The molecule has 2 bridgehead atoms. The summed E-state index contributed by atoms with van der Waals surface area (Å²) in [6.07, 6.45) is 1.44. The highest BCUT2D eigenvalue weighted by Gasteiger charge is 2.57. The van der Waals surface area contributed by atoms with Gasteiger partial charge in [-0.2, -0.15) is 5.06 Å². The second-order valence-electron chi connectivity index (χ2n) is 18.5. The molecule has 4 fully saturated rings. The van der Waals surface area contributed by atoms with E-state index in [-0.39, 0.29) is 30.5 Å². The van der Waals surface area contributed by atoms with Gasteiger partial charge in [0, 0.05) is 55.0 Å². The van der Waals surface area contributed by atoms with E-state index in [9.17, 15) is 28.2 Å². The summed E-state index contributed by atoms with van der Waals surface area (Å²) in [4.78, 5) is 38.8. The first-order valence-electron chi connectivity index (χ1n) is 21.2. The third-order valence-corrected chi connectivity index (χ3v) is 14.2. The Hall–Kier alpha value is -4.09. The SMILES string of the molecule is COc1c(CN2O[C@@H](CO)[C@@H]([C@H](C)O)[C@H]2C(=O)N[C@H]2C[C@H]3C[C@@H]([C@@H]2C)C3(C)C)cccc1-c1cc(C(=O)N[C@H](CN(C)C)C(NS(C)(=O)=O)c2ccccc2)cc(N(C)C)c1. The lowest BCUT2D eigenvalue weighted by atomic mass is 9.45. The summed E-state index contributed by atoms with van der Waals surface area (Å²) in [5.41, 5.74) is 4.13. The Kier molecular flexibility index (Phi) is 14.2. The molecule has 7 rings (SSSR count). The Balaban J connectivity index is 1.32. The zero-order chi connectivity index (χ0) is 44.6. The van der Waals surface area contributed by atoms with E-state index in [1.165, 1.54) is 6.42 Å². The molecule has 3 aromatic rings. The minimum absolute atomic E-state index is 0.000477. The fourth-order valence-corrected chi connectivity index (χ4v) is 10.9. The number of benzene rings is 3. The first kappa shape index (κ1) is 46.4. The molecule has 5 N–H and O–H groups in total. The number of likely N-dealkylation sites (N-methyl/N-ethyl adjacent to an activating group) is 1. The van der Waals surface area contributed by atoms with Gasteiger partial charge in [-0.25, -0.2) is 13.1 Å². The van der Waals surface area contributed by atoms with Crippen molar-refractivity contribution < 1.29 is 37.8 Å². The van der Waals surface area contributed by atoms with Gasteiger partial charge in [0.2, 0.25) is 15.9 Å². The number of carbonyl (C=O) groups excluding carboxylic acids is 2. The largest absolute Gasteiger partial charge is 0.496 e. The molecule has 4 aliphatic rings. The number of sulfonamides is 1. The van der Waals surface area contributed by atoms with Gasteiger partial charge in [0.15, 0.2) is 0 Å². The molecule has 10 atom stereocenters. The molecule has 3 aliphatic carbocycles. The Morgan fingerprint density at radius 3 is 2.31 bits per heavy atom. The van der Waals surface area contributed by atoms with Crippen molar-refractivity contribution in [2.45, 2.75) is 83.5 Å². The minimum atomic E-state index is -3.67.